The van der Waals surface area contributed by atoms with Crippen molar-refractivity contribution in [3.05, 3.63) is 58.6 Å². The number of amides is 1. The molecule has 0 atom stereocenters. The standard InChI is InChI=1S/C15H11Cl2N5O/c16-11-6-7-13(12(17)8-11)18-14(23)9-22-20-15(19-21-22)10-4-2-1-3-5-10/h1-8H,9H2,(H,18,23). The lowest BCUT2D eigenvalue weighted by Crippen LogP contribution is -2.20. The first-order chi connectivity index (χ1) is 11.1. The van der Waals surface area contributed by atoms with E-state index in [0.717, 1.165) is 5.56 Å². The molecule has 0 aliphatic heterocycles. The summed E-state index contributed by atoms with van der Waals surface area (Å²) in [6.45, 7) is -0.0706. The lowest BCUT2D eigenvalue weighted by Gasteiger charge is -2.06. The van der Waals surface area contributed by atoms with Crippen LogP contribution in [0.2, 0.25) is 10.0 Å². The second-order valence-corrected chi connectivity index (χ2v) is 5.53. The molecule has 0 saturated carbocycles. The average molecular weight is 348 g/mol. The van der Waals surface area contributed by atoms with Gasteiger partial charge in [-0.3, -0.25) is 4.79 Å². The maximum absolute atomic E-state index is 12.0. The van der Waals surface area contributed by atoms with E-state index in [1.54, 1.807) is 18.2 Å². The number of aromatic nitrogens is 4. The second-order valence-electron chi connectivity index (χ2n) is 4.68. The first-order valence-corrected chi connectivity index (χ1v) is 7.45. The van der Waals surface area contributed by atoms with Crippen LogP contribution in [0.3, 0.4) is 0 Å². The topological polar surface area (TPSA) is 72.7 Å². The molecule has 3 aromatic rings. The minimum atomic E-state index is -0.314. The van der Waals surface area contributed by atoms with Crippen LogP contribution in [0.5, 0.6) is 0 Å². The fraction of sp³-hybridized carbons (Fsp3) is 0.0667. The number of benzene rings is 2. The van der Waals surface area contributed by atoms with Gasteiger partial charge in [0, 0.05) is 10.6 Å². The Labute approximate surface area is 142 Å². The van der Waals surface area contributed by atoms with E-state index in [-0.39, 0.29) is 12.5 Å². The van der Waals surface area contributed by atoms with Gasteiger partial charge in [0.1, 0.15) is 6.54 Å². The van der Waals surface area contributed by atoms with Crippen molar-refractivity contribution in [3.8, 4) is 11.4 Å². The molecule has 0 radical (unpaired) electrons. The molecule has 1 amide bonds. The molecule has 0 bridgehead atoms. The Morgan fingerprint density at radius 1 is 1.13 bits per heavy atom. The molecule has 1 N–H and O–H groups in total. The third kappa shape index (κ3) is 3.85. The number of nitrogens with one attached hydrogen (secondary N) is 1. The molecule has 116 valence electrons. The van der Waals surface area contributed by atoms with Gasteiger partial charge in [-0.15, -0.1) is 10.2 Å². The third-order valence-electron chi connectivity index (χ3n) is 2.98. The Kier molecular flexibility index (Phi) is 4.55. The molecule has 0 aliphatic rings. The molecule has 1 heterocycles. The summed E-state index contributed by atoms with van der Waals surface area (Å²) < 4.78 is 0. The quantitative estimate of drug-likeness (QED) is 0.785. The minimum Gasteiger partial charge on any atom is -0.323 e. The van der Waals surface area contributed by atoms with Gasteiger partial charge in [0.2, 0.25) is 11.7 Å². The summed E-state index contributed by atoms with van der Waals surface area (Å²) >= 11 is 11.8. The lowest BCUT2D eigenvalue weighted by atomic mass is 10.2. The summed E-state index contributed by atoms with van der Waals surface area (Å²) in [6, 6.07) is 14.2. The van der Waals surface area contributed by atoms with Gasteiger partial charge in [0.05, 0.1) is 10.7 Å². The van der Waals surface area contributed by atoms with Crippen molar-refractivity contribution in [3.63, 3.8) is 0 Å². The van der Waals surface area contributed by atoms with Crippen LogP contribution in [-0.2, 0) is 11.3 Å². The van der Waals surface area contributed by atoms with Gasteiger partial charge in [-0.25, -0.2) is 0 Å². The van der Waals surface area contributed by atoms with Crippen LogP contribution < -0.4 is 5.32 Å². The highest BCUT2D eigenvalue weighted by molar-refractivity contribution is 6.36. The zero-order valence-corrected chi connectivity index (χ0v) is 13.3. The molecule has 3 rings (SSSR count). The smallest absolute Gasteiger partial charge is 0.248 e. The van der Waals surface area contributed by atoms with E-state index in [1.165, 1.54) is 4.80 Å². The molecule has 0 unspecified atom stereocenters. The van der Waals surface area contributed by atoms with E-state index in [4.69, 9.17) is 23.2 Å². The number of rotatable bonds is 4. The van der Waals surface area contributed by atoms with Gasteiger partial charge in [-0.1, -0.05) is 53.5 Å². The zero-order valence-electron chi connectivity index (χ0n) is 11.8. The van der Waals surface area contributed by atoms with Gasteiger partial charge < -0.3 is 5.32 Å². The van der Waals surface area contributed by atoms with Crippen LogP contribution in [-0.4, -0.2) is 26.1 Å². The first-order valence-electron chi connectivity index (χ1n) is 6.70. The molecule has 23 heavy (non-hydrogen) atoms. The predicted molar refractivity (Wildman–Crippen MR) is 88.3 cm³/mol. The monoisotopic (exact) mass is 347 g/mol. The third-order valence-corrected chi connectivity index (χ3v) is 3.52. The van der Waals surface area contributed by atoms with Gasteiger partial charge in [-0.2, -0.15) is 4.80 Å². The molecule has 6 nitrogen and oxygen atoms in total. The van der Waals surface area contributed by atoms with Crippen LogP contribution in [0.4, 0.5) is 5.69 Å². The Morgan fingerprint density at radius 2 is 1.91 bits per heavy atom. The van der Waals surface area contributed by atoms with Crippen molar-refractivity contribution < 1.29 is 4.79 Å². The van der Waals surface area contributed by atoms with Crippen LogP contribution in [0.15, 0.2) is 48.5 Å². The number of nitrogens with zero attached hydrogens (tertiary/aromatic N) is 4. The molecule has 0 spiro atoms. The van der Waals surface area contributed by atoms with Crippen molar-refractivity contribution in [1.82, 2.24) is 20.2 Å². The minimum absolute atomic E-state index is 0.0706. The van der Waals surface area contributed by atoms with Crippen molar-refractivity contribution in [2.45, 2.75) is 6.54 Å². The molecule has 8 heteroatoms. The summed E-state index contributed by atoms with van der Waals surface area (Å²) in [5.74, 6) is 0.147. The summed E-state index contributed by atoms with van der Waals surface area (Å²) in [6.07, 6.45) is 0. The molecular weight excluding hydrogens is 337 g/mol. The van der Waals surface area contributed by atoms with Crippen molar-refractivity contribution in [1.29, 1.82) is 0 Å². The highest BCUT2D eigenvalue weighted by atomic mass is 35.5. The number of carbonyl (C=O) groups excluding carboxylic acids is 1. The predicted octanol–water partition coefficient (Wildman–Crippen LogP) is 3.29. The number of tetrazole rings is 1. The largest absolute Gasteiger partial charge is 0.323 e. The van der Waals surface area contributed by atoms with Crippen LogP contribution in [0, 0.1) is 0 Å². The van der Waals surface area contributed by atoms with E-state index in [0.29, 0.717) is 21.6 Å². The van der Waals surface area contributed by atoms with Crippen LogP contribution in [0.1, 0.15) is 0 Å². The maximum Gasteiger partial charge on any atom is 0.248 e. The summed E-state index contributed by atoms with van der Waals surface area (Å²) in [4.78, 5) is 13.3. The number of hydrogen-bond donors (Lipinski definition) is 1. The van der Waals surface area contributed by atoms with E-state index >= 15 is 0 Å². The maximum atomic E-state index is 12.0. The normalized spacial score (nSPS) is 10.5. The Hall–Kier alpha value is -2.44. The van der Waals surface area contributed by atoms with E-state index in [9.17, 15) is 4.79 Å². The number of halogens is 2. The Balaban J connectivity index is 1.68. The SMILES string of the molecule is O=C(Cn1nnc(-c2ccccc2)n1)Nc1ccc(Cl)cc1Cl. The zero-order chi connectivity index (χ0) is 16.2. The number of anilines is 1. The van der Waals surface area contributed by atoms with Gasteiger partial charge in [0.25, 0.3) is 0 Å². The lowest BCUT2D eigenvalue weighted by molar-refractivity contribution is -0.117. The fourth-order valence-electron chi connectivity index (χ4n) is 1.92. The van der Waals surface area contributed by atoms with E-state index in [2.05, 4.69) is 20.7 Å². The van der Waals surface area contributed by atoms with Crippen molar-refractivity contribution in [2.24, 2.45) is 0 Å². The van der Waals surface area contributed by atoms with Crippen LogP contribution in [0.25, 0.3) is 11.4 Å². The Morgan fingerprint density at radius 3 is 2.65 bits per heavy atom. The fourth-order valence-corrected chi connectivity index (χ4v) is 2.38. The first kappa shape index (κ1) is 15.5. The Bertz CT molecular complexity index is 835. The highest BCUT2D eigenvalue weighted by Crippen LogP contribution is 2.25. The molecule has 1 aromatic heterocycles. The average Bonchev–Trinajstić information content (AvgIpc) is 2.99. The molecule has 0 aliphatic carbocycles. The second kappa shape index (κ2) is 6.76. The molecule has 2 aromatic carbocycles. The van der Waals surface area contributed by atoms with Crippen molar-refractivity contribution in [2.75, 3.05) is 5.32 Å². The van der Waals surface area contributed by atoms with E-state index in [1.807, 2.05) is 30.3 Å². The van der Waals surface area contributed by atoms with Gasteiger partial charge in [-0.05, 0) is 23.4 Å². The number of hydrogen-bond acceptors (Lipinski definition) is 4. The van der Waals surface area contributed by atoms with Crippen molar-refractivity contribution >= 4 is 34.8 Å². The van der Waals surface area contributed by atoms with Gasteiger partial charge in [0.15, 0.2) is 0 Å². The summed E-state index contributed by atoms with van der Waals surface area (Å²) in [5, 5.41) is 15.5. The molecule has 0 saturated heterocycles. The highest BCUT2D eigenvalue weighted by Gasteiger charge is 2.11. The summed E-state index contributed by atoms with van der Waals surface area (Å²) in [5.41, 5.74) is 1.31. The molecular formula is C15H11Cl2N5O. The number of carbonyl (C=O) groups is 1. The summed E-state index contributed by atoms with van der Waals surface area (Å²) in [7, 11) is 0. The molecule has 0 fully saturated rings. The van der Waals surface area contributed by atoms with E-state index < -0.39 is 0 Å². The van der Waals surface area contributed by atoms with Gasteiger partial charge >= 0.3 is 0 Å². The van der Waals surface area contributed by atoms with Crippen LogP contribution >= 0.6 is 23.2 Å².